The van der Waals surface area contributed by atoms with Crippen molar-refractivity contribution in [3.63, 3.8) is 0 Å². The molecule has 0 spiro atoms. The molecule has 0 aliphatic carbocycles. The molecule has 2 saturated heterocycles. The molecule has 0 saturated carbocycles. The molecule has 2 fully saturated rings. The molecule has 57 heavy (non-hydrogen) atoms. The molecule has 0 atom stereocenters. The Kier molecular flexibility index (Phi) is 18.6. The zero-order valence-corrected chi connectivity index (χ0v) is 38.7. The van der Waals surface area contributed by atoms with Gasteiger partial charge in [-0.25, -0.2) is 0 Å². The first-order chi connectivity index (χ1) is 27.9. The van der Waals surface area contributed by atoms with Crippen LogP contribution in [0.4, 0.5) is 22.7 Å². The average Bonchev–Trinajstić information content (AvgIpc) is 3.21. The van der Waals surface area contributed by atoms with E-state index in [0.29, 0.717) is 0 Å². The van der Waals surface area contributed by atoms with Gasteiger partial charge in [0.25, 0.3) is 0 Å². The van der Waals surface area contributed by atoms with Crippen LogP contribution in [-0.4, -0.2) is 125 Å². The first-order valence-corrected chi connectivity index (χ1v) is 24.0. The summed E-state index contributed by atoms with van der Waals surface area (Å²) < 4.78 is 2.21. The van der Waals surface area contributed by atoms with Crippen LogP contribution < -0.4 is 21.3 Å². The molecule has 6 rings (SSSR count). The zero-order chi connectivity index (χ0) is 39.7. The Morgan fingerprint density at radius 3 is 1.33 bits per heavy atom. The largest absolute Gasteiger partial charge is 0.385 e. The predicted molar refractivity (Wildman–Crippen MR) is 254 cm³/mol. The van der Waals surface area contributed by atoms with E-state index in [9.17, 15) is 0 Å². The van der Waals surface area contributed by atoms with Crippen molar-refractivity contribution in [1.29, 1.82) is 0 Å². The predicted octanol–water partition coefficient (Wildman–Crippen LogP) is 10.3. The quantitative estimate of drug-likeness (QED) is 0.0574. The smallest absolute Gasteiger partial charge is 0.0493 e. The number of piperazine rings is 2. The van der Waals surface area contributed by atoms with Gasteiger partial charge in [-0.05, 0) is 132 Å². The van der Waals surface area contributed by atoms with Gasteiger partial charge in [-0.2, -0.15) is 0 Å². The molecular formula is C45H62Br2N8S2. The van der Waals surface area contributed by atoms with Gasteiger partial charge in [-0.3, -0.25) is 0 Å². The van der Waals surface area contributed by atoms with Gasteiger partial charge in [0.15, 0.2) is 0 Å². The molecule has 12 heteroatoms. The van der Waals surface area contributed by atoms with E-state index in [2.05, 4.69) is 172 Å². The minimum atomic E-state index is 0.970. The second-order valence-corrected chi connectivity index (χ2v) is 19.4. The lowest BCUT2D eigenvalue weighted by Gasteiger charge is -2.32. The van der Waals surface area contributed by atoms with E-state index >= 15 is 0 Å². The lowest BCUT2D eigenvalue weighted by atomic mass is 10.2. The molecule has 0 unspecified atom stereocenters. The molecule has 4 aromatic carbocycles. The second kappa shape index (κ2) is 24.0. The highest BCUT2D eigenvalue weighted by molar-refractivity contribution is 9.10. The summed E-state index contributed by atoms with van der Waals surface area (Å²) in [7, 11) is 4.43. The number of nitrogens with one attached hydrogen (secondary N) is 4. The fraction of sp³-hybridized carbons (Fsp3) is 0.467. The number of halogens is 2. The molecule has 0 amide bonds. The Morgan fingerprint density at radius 2 is 0.895 bits per heavy atom. The highest BCUT2D eigenvalue weighted by Gasteiger charge is 2.15. The van der Waals surface area contributed by atoms with Gasteiger partial charge in [-0.15, -0.1) is 0 Å². The second-order valence-electron chi connectivity index (χ2n) is 15.3. The Balaban J connectivity index is 0.876. The van der Waals surface area contributed by atoms with E-state index in [1.165, 1.54) is 101 Å². The molecule has 2 heterocycles. The maximum atomic E-state index is 3.72. The summed E-state index contributed by atoms with van der Waals surface area (Å²) in [6.07, 6.45) is 5.74. The summed E-state index contributed by atoms with van der Waals surface area (Å²) in [6, 6.07) is 30.8. The maximum absolute atomic E-state index is 3.72. The van der Waals surface area contributed by atoms with Crippen LogP contribution in [0.3, 0.4) is 0 Å². The number of anilines is 4. The molecule has 308 valence electrons. The van der Waals surface area contributed by atoms with Crippen molar-refractivity contribution >= 4 is 78.1 Å². The van der Waals surface area contributed by atoms with E-state index in [-0.39, 0.29) is 0 Å². The summed E-state index contributed by atoms with van der Waals surface area (Å²) in [5.41, 5.74) is 4.75. The molecule has 2 aliphatic heterocycles. The third kappa shape index (κ3) is 15.6. The van der Waals surface area contributed by atoms with Crippen LogP contribution in [0.5, 0.6) is 0 Å². The standard InChI is InChI=1S/C45H62Br2N8S2/c1-52-24-28-54(29-25-52)22-8-20-50-42-32-36(46)14-16-44(42)56-40-12-6-10-38(34-40)48-18-4-3-5-19-49-39-11-7-13-41(35-39)57-45-17-15-37(47)33-43(45)51-21-9-23-55-30-26-53(2)27-31-55/h6-7,10-17,32-35,48-51H,3-5,8-9,18-31H2,1-2H3. The number of unbranched alkanes of at least 4 members (excludes halogenated alkanes) is 2. The Bertz CT molecular complexity index is 1670. The van der Waals surface area contributed by atoms with E-state index in [4.69, 9.17) is 0 Å². The third-order valence-electron chi connectivity index (χ3n) is 10.6. The van der Waals surface area contributed by atoms with Gasteiger partial charge in [0.2, 0.25) is 0 Å². The van der Waals surface area contributed by atoms with Gasteiger partial charge in [0, 0.05) is 130 Å². The molecule has 0 aromatic heterocycles. The topological polar surface area (TPSA) is 61.1 Å². The van der Waals surface area contributed by atoms with Crippen LogP contribution in [0.1, 0.15) is 32.1 Å². The van der Waals surface area contributed by atoms with Crippen molar-refractivity contribution < 1.29 is 0 Å². The maximum Gasteiger partial charge on any atom is 0.0493 e. The minimum Gasteiger partial charge on any atom is -0.385 e. The molecule has 4 aromatic rings. The summed E-state index contributed by atoms with van der Waals surface area (Å²) in [4.78, 5) is 15.0. The lowest BCUT2D eigenvalue weighted by Crippen LogP contribution is -2.44. The summed E-state index contributed by atoms with van der Waals surface area (Å²) in [5.74, 6) is 0. The van der Waals surface area contributed by atoms with E-state index in [0.717, 1.165) is 73.9 Å². The van der Waals surface area contributed by atoms with E-state index in [1.807, 2.05) is 23.5 Å². The van der Waals surface area contributed by atoms with Crippen molar-refractivity contribution in [2.24, 2.45) is 0 Å². The summed E-state index contributed by atoms with van der Waals surface area (Å²) >= 11 is 11.0. The minimum absolute atomic E-state index is 0.970. The lowest BCUT2D eigenvalue weighted by molar-refractivity contribution is 0.154. The van der Waals surface area contributed by atoms with Crippen LogP contribution in [0.2, 0.25) is 0 Å². The van der Waals surface area contributed by atoms with Gasteiger partial charge >= 0.3 is 0 Å². The highest BCUT2D eigenvalue weighted by atomic mass is 79.9. The van der Waals surface area contributed by atoms with Gasteiger partial charge in [-0.1, -0.05) is 67.5 Å². The third-order valence-corrected chi connectivity index (χ3v) is 13.8. The number of hydrogen-bond donors (Lipinski definition) is 4. The number of hydrogen-bond acceptors (Lipinski definition) is 10. The van der Waals surface area contributed by atoms with Crippen LogP contribution in [-0.2, 0) is 0 Å². The number of benzene rings is 4. The van der Waals surface area contributed by atoms with Gasteiger partial charge in [0.05, 0.1) is 0 Å². The van der Waals surface area contributed by atoms with Crippen molar-refractivity contribution in [1.82, 2.24) is 19.6 Å². The van der Waals surface area contributed by atoms with Crippen LogP contribution in [0, 0.1) is 0 Å². The molecular weight excluding hydrogens is 876 g/mol. The molecule has 4 N–H and O–H groups in total. The fourth-order valence-corrected chi connectivity index (χ4v) is 9.79. The molecule has 0 radical (unpaired) electrons. The fourth-order valence-electron chi connectivity index (χ4n) is 7.14. The van der Waals surface area contributed by atoms with E-state index < -0.39 is 0 Å². The first-order valence-electron chi connectivity index (χ1n) is 20.8. The SMILES string of the molecule is CN1CCN(CCCNc2cc(Br)ccc2Sc2cccc(NCCCCCNc3cccc(Sc4ccc(Br)cc4NCCCN4CCN(C)CC4)c3)c2)CC1. The average molecular weight is 939 g/mol. The summed E-state index contributed by atoms with van der Waals surface area (Å²) in [5, 5.41) is 14.8. The highest BCUT2D eigenvalue weighted by Crippen LogP contribution is 2.37. The number of rotatable bonds is 22. The molecule has 8 nitrogen and oxygen atoms in total. The zero-order valence-electron chi connectivity index (χ0n) is 33.9. The summed E-state index contributed by atoms with van der Waals surface area (Å²) in [6.45, 7) is 15.6. The number of likely N-dealkylation sites (N-methyl/N-ethyl adjacent to an activating group) is 2. The Morgan fingerprint density at radius 1 is 0.474 bits per heavy atom. The number of nitrogens with zero attached hydrogens (tertiary/aromatic N) is 4. The Labute approximate surface area is 367 Å². The van der Waals surface area contributed by atoms with Crippen LogP contribution in [0.25, 0.3) is 0 Å². The van der Waals surface area contributed by atoms with Crippen molar-refractivity contribution in [3.8, 4) is 0 Å². The van der Waals surface area contributed by atoms with Crippen LogP contribution in [0.15, 0.2) is 113 Å². The van der Waals surface area contributed by atoms with Crippen molar-refractivity contribution in [2.45, 2.75) is 51.7 Å². The first kappa shape index (κ1) is 44.1. The van der Waals surface area contributed by atoms with Gasteiger partial charge < -0.3 is 40.9 Å². The van der Waals surface area contributed by atoms with Crippen molar-refractivity contribution in [3.05, 3.63) is 93.9 Å². The Hall–Kier alpha value is -2.42. The van der Waals surface area contributed by atoms with Gasteiger partial charge in [0.1, 0.15) is 0 Å². The van der Waals surface area contributed by atoms with Crippen molar-refractivity contribution in [2.75, 3.05) is 127 Å². The normalized spacial score (nSPS) is 15.8. The van der Waals surface area contributed by atoms with Crippen LogP contribution >= 0.6 is 55.4 Å². The van der Waals surface area contributed by atoms with E-state index in [1.54, 1.807) is 0 Å². The molecule has 0 bridgehead atoms. The monoisotopic (exact) mass is 936 g/mol. The molecule has 2 aliphatic rings.